The Morgan fingerprint density at radius 3 is 2.38 bits per heavy atom. The molecule has 0 aliphatic heterocycles. The van der Waals surface area contributed by atoms with E-state index in [9.17, 15) is 4.79 Å². The highest BCUT2D eigenvalue weighted by atomic mass is 16.1. The predicted octanol–water partition coefficient (Wildman–Crippen LogP) is 0.784. The van der Waals surface area contributed by atoms with Gasteiger partial charge >= 0.3 is 0 Å². The number of carbonyl (C=O) groups is 1. The Bertz CT molecular complexity index is 243. The van der Waals surface area contributed by atoms with Crippen molar-refractivity contribution in [3.05, 3.63) is 12.2 Å². The lowest BCUT2D eigenvalue weighted by molar-refractivity contribution is -0.122. The summed E-state index contributed by atoms with van der Waals surface area (Å²) < 4.78 is 0. The molecule has 0 aliphatic carbocycles. The molecule has 1 unspecified atom stereocenters. The van der Waals surface area contributed by atoms with E-state index in [0.717, 1.165) is 5.57 Å². The van der Waals surface area contributed by atoms with Crippen molar-refractivity contribution in [1.29, 1.82) is 0 Å². The molecule has 4 heteroatoms. The van der Waals surface area contributed by atoms with Crippen molar-refractivity contribution in [3.63, 3.8) is 0 Å². The van der Waals surface area contributed by atoms with Gasteiger partial charge in [-0.2, -0.15) is 0 Å². The van der Waals surface area contributed by atoms with E-state index in [-0.39, 0.29) is 17.5 Å². The van der Waals surface area contributed by atoms with Crippen LogP contribution >= 0.6 is 0 Å². The van der Waals surface area contributed by atoms with E-state index in [1.165, 1.54) is 0 Å². The molecule has 94 valence electrons. The molecule has 1 amide bonds. The Balaban J connectivity index is 4.02. The first kappa shape index (κ1) is 15.1. The molecule has 1 atom stereocenters. The van der Waals surface area contributed by atoms with Gasteiger partial charge in [0.25, 0.3) is 0 Å². The lowest BCUT2D eigenvalue weighted by Crippen LogP contribution is -2.46. The van der Waals surface area contributed by atoms with Crippen molar-refractivity contribution < 1.29 is 4.79 Å². The molecule has 4 N–H and O–H groups in total. The van der Waals surface area contributed by atoms with Crippen molar-refractivity contribution in [3.8, 4) is 0 Å². The number of hydrogen-bond donors (Lipinski definition) is 3. The first-order valence-electron chi connectivity index (χ1n) is 5.63. The van der Waals surface area contributed by atoms with E-state index in [4.69, 9.17) is 5.73 Å². The highest BCUT2D eigenvalue weighted by molar-refractivity contribution is 5.77. The molecule has 16 heavy (non-hydrogen) atoms. The third-order valence-electron chi connectivity index (χ3n) is 1.92. The van der Waals surface area contributed by atoms with Gasteiger partial charge in [0, 0.05) is 31.1 Å². The van der Waals surface area contributed by atoms with Gasteiger partial charge in [0.2, 0.25) is 5.91 Å². The molecule has 0 spiro atoms. The average Bonchev–Trinajstić information content (AvgIpc) is 2.08. The first-order chi connectivity index (χ1) is 7.24. The number of carbonyl (C=O) groups excluding carboxylic acids is 1. The van der Waals surface area contributed by atoms with E-state index >= 15 is 0 Å². The van der Waals surface area contributed by atoms with Crippen molar-refractivity contribution in [2.75, 3.05) is 13.1 Å². The van der Waals surface area contributed by atoms with Crippen LogP contribution < -0.4 is 16.4 Å². The smallest absolute Gasteiger partial charge is 0.222 e. The van der Waals surface area contributed by atoms with Crippen molar-refractivity contribution in [2.24, 2.45) is 5.73 Å². The summed E-state index contributed by atoms with van der Waals surface area (Å²) in [5.41, 5.74) is 6.45. The number of hydrogen-bond acceptors (Lipinski definition) is 3. The third kappa shape index (κ3) is 8.44. The Labute approximate surface area is 98.7 Å². The average molecular weight is 227 g/mol. The molecule has 0 saturated heterocycles. The second kappa shape index (κ2) is 6.66. The Morgan fingerprint density at radius 1 is 1.44 bits per heavy atom. The number of rotatable bonds is 6. The number of nitrogens with one attached hydrogen (secondary N) is 2. The second-order valence-corrected chi connectivity index (χ2v) is 5.27. The largest absolute Gasteiger partial charge is 0.351 e. The summed E-state index contributed by atoms with van der Waals surface area (Å²) in [6, 6.07) is 0.0130. The molecule has 0 rings (SSSR count). The van der Waals surface area contributed by atoms with Crippen LogP contribution in [-0.4, -0.2) is 30.6 Å². The van der Waals surface area contributed by atoms with Crippen molar-refractivity contribution >= 4 is 5.91 Å². The number of nitrogens with two attached hydrogens (primary N) is 1. The molecule has 0 bridgehead atoms. The third-order valence-corrected chi connectivity index (χ3v) is 1.92. The SMILES string of the molecule is C=C(C)CNC(CN)CC(=O)NC(C)(C)C. The monoisotopic (exact) mass is 227 g/mol. The summed E-state index contributed by atoms with van der Waals surface area (Å²) in [4.78, 5) is 11.6. The van der Waals surface area contributed by atoms with Crippen molar-refractivity contribution in [1.82, 2.24) is 10.6 Å². The minimum atomic E-state index is -0.190. The zero-order chi connectivity index (χ0) is 12.8. The van der Waals surface area contributed by atoms with Crippen molar-refractivity contribution in [2.45, 2.75) is 45.7 Å². The molecule has 4 nitrogen and oxygen atoms in total. The molecule has 0 saturated carbocycles. The summed E-state index contributed by atoms with van der Waals surface area (Å²) in [6.07, 6.45) is 0.404. The molecule has 0 aliphatic rings. The van der Waals surface area contributed by atoms with Gasteiger partial charge in [0.05, 0.1) is 0 Å². The lowest BCUT2D eigenvalue weighted by Gasteiger charge is -2.23. The standard InChI is InChI=1S/C12H25N3O/c1-9(2)8-14-10(7-13)6-11(16)15-12(3,4)5/h10,14H,1,6-8,13H2,2-5H3,(H,15,16). The van der Waals surface area contributed by atoms with Crippen LogP contribution in [0.2, 0.25) is 0 Å². The van der Waals surface area contributed by atoms with Crippen LogP contribution in [0, 0.1) is 0 Å². The summed E-state index contributed by atoms with van der Waals surface area (Å²) in [7, 11) is 0. The summed E-state index contributed by atoms with van der Waals surface area (Å²) in [5, 5.41) is 6.11. The molecule has 0 radical (unpaired) electrons. The van der Waals surface area contributed by atoms with Crippen LogP contribution in [0.25, 0.3) is 0 Å². The molecule has 0 aromatic rings. The first-order valence-corrected chi connectivity index (χ1v) is 5.63. The number of amides is 1. The fourth-order valence-corrected chi connectivity index (χ4v) is 1.25. The van der Waals surface area contributed by atoms with Crippen LogP contribution in [0.15, 0.2) is 12.2 Å². The van der Waals surface area contributed by atoms with E-state index in [1.54, 1.807) is 0 Å². The van der Waals surface area contributed by atoms with E-state index in [0.29, 0.717) is 19.5 Å². The van der Waals surface area contributed by atoms with Gasteiger partial charge in [-0.05, 0) is 27.7 Å². The topological polar surface area (TPSA) is 67.1 Å². The fourth-order valence-electron chi connectivity index (χ4n) is 1.25. The van der Waals surface area contributed by atoms with Crippen LogP contribution in [0.5, 0.6) is 0 Å². The lowest BCUT2D eigenvalue weighted by atomic mass is 10.1. The predicted molar refractivity (Wildman–Crippen MR) is 68.2 cm³/mol. The minimum absolute atomic E-state index is 0.0130. The maximum Gasteiger partial charge on any atom is 0.222 e. The summed E-state index contributed by atoms with van der Waals surface area (Å²) in [6.45, 7) is 12.8. The molecule has 0 heterocycles. The maximum atomic E-state index is 11.6. The molecule has 0 fully saturated rings. The van der Waals surface area contributed by atoms with Gasteiger partial charge < -0.3 is 16.4 Å². The van der Waals surface area contributed by atoms with Gasteiger partial charge in [-0.3, -0.25) is 4.79 Å². The fraction of sp³-hybridized carbons (Fsp3) is 0.750. The molecule has 0 aromatic carbocycles. The van der Waals surface area contributed by atoms with Gasteiger partial charge in [-0.1, -0.05) is 12.2 Å². The Morgan fingerprint density at radius 2 is 2.00 bits per heavy atom. The van der Waals surface area contributed by atoms with Gasteiger partial charge in [-0.25, -0.2) is 0 Å². The highest BCUT2D eigenvalue weighted by Crippen LogP contribution is 2.00. The van der Waals surface area contributed by atoms with Gasteiger partial charge in [-0.15, -0.1) is 0 Å². The summed E-state index contributed by atoms with van der Waals surface area (Å²) >= 11 is 0. The van der Waals surface area contributed by atoms with E-state index < -0.39 is 0 Å². The quantitative estimate of drug-likeness (QED) is 0.588. The molecular formula is C12H25N3O. The molecular weight excluding hydrogens is 202 g/mol. The maximum absolute atomic E-state index is 11.6. The van der Waals surface area contributed by atoms with Crippen LogP contribution in [0.3, 0.4) is 0 Å². The zero-order valence-electron chi connectivity index (χ0n) is 10.9. The van der Waals surface area contributed by atoms with Gasteiger partial charge in [0.15, 0.2) is 0 Å². The minimum Gasteiger partial charge on any atom is -0.351 e. The van der Waals surface area contributed by atoms with Crippen LogP contribution in [0.1, 0.15) is 34.1 Å². The van der Waals surface area contributed by atoms with Crippen LogP contribution in [-0.2, 0) is 4.79 Å². The zero-order valence-corrected chi connectivity index (χ0v) is 10.9. The highest BCUT2D eigenvalue weighted by Gasteiger charge is 2.17. The van der Waals surface area contributed by atoms with E-state index in [2.05, 4.69) is 17.2 Å². The normalized spacial score (nSPS) is 13.3. The van der Waals surface area contributed by atoms with E-state index in [1.807, 2.05) is 27.7 Å². The van der Waals surface area contributed by atoms with Crippen LogP contribution in [0.4, 0.5) is 0 Å². The molecule has 0 aromatic heterocycles. The second-order valence-electron chi connectivity index (χ2n) is 5.27. The Hall–Kier alpha value is -0.870. The summed E-state index contributed by atoms with van der Waals surface area (Å²) in [5.74, 6) is 0.0252. The Kier molecular flexibility index (Phi) is 6.29. The van der Waals surface area contributed by atoms with Gasteiger partial charge in [0.1, 0.15) is 0 Å².